The summed E-state index contributed by atoms with van der Waals surface area (Å²) in [5, 5.41) is 0. The fourth-order valence-corrected chi connectivity index (χ4v) is 3.55. The van der Waals surface area contributed by atoms with Crippen molar-refractivity contribution in [2.45, 2.75) is 12.5 Å². The van der Waals surface area contributed by atoms with E-state index >= 15 is 0 Å². The molecule has 2 aromatic rings. The first-order valence-electron chi connectivity index (χ1n) is 8.90. The number of nitrogens with zero attached hydrogens (tertiary/aromatic N) is 1. The number of hydrogen-bond acceptors (Lipinski definition) is 5. The summed E-state index contributed by atoms with van der Waals surface area (Å²) in [5.41, 5.74) is 9.88. The molecular weight excluding hydrogens is 328 g/mol. The summed E-state index contributed by atoms with van der Waals surface area (Å²) in [6.45, 7) is 3.29. The lowest BCUT2D eigenvalue weighted by molar-refractivity contribution is -0.108. The summed E-state index contributed by atoms with van der Waals surface area (Å²) in [5.74, 6) is 1.16. The van der Waals surface area contributed by atoms with Crippen LogP contribution in [0.1, 0.15) is 17.0 Å². The molecule has 1 saturated heterocycles. The number of benzene rings is 2. The van der Waals surface area contributed by atoms with E-state index in [1.54, 1.807) is 0 Å². The van der Waals surface area contributed by atoms with Crippen LogP contribution in [0.15, 0.2) is 54.4 Å². The van der Waals surface area contributed by atoms with Gasteiger partial charge in [0.1, 0.15) is 12.0 Å². The van der Waals surface area contributed by atoms with E-state index in [1.165, 1.54) is 0 Å². The number of morpholine rings is 1. The number of para-hydroxylation sites is 1. The van der Waals surface area contributed by atoms with Crippen molar-refractivity contribution in [2.75, 3.05) is 26.3 Å². The molecule has 0 aliphatic carbocycles. The molecule has 0 radical (unpaired) electrons. The van der Waals surface area contributed by atoms with E-state index in [4.69, 9.17) is 15.2 Å². The normalized spacial score (nSPS) is 19.3. The topological polar surface area (TPSA) is 64.8 Å². The average Bonchev–Trinajstić information content (AvgIpc) is 2.73. The van der Waals surface area contributed by atoms with Crippen molar-refractivity contribution in [3.8, 4) is 16.9 Å². The molecule has 1 fully saturated rings. The smallest absolute Gasteiger partial charge is 0.193 e. The molecule has 0 saturated carbocycles. The third-order valence-electron chi connectivity index (χ3n) is 4.93. The van der Waals surface area contributed by atoms with E-state index in [9.17, 15) is 4.79 Å². The SMILES string of the molecule is NCc1ccccc1-c1cccc2c1OC(N1CCOCC1)=CC2C=O. The molecule has 2 heterocycles. The summed E-state index contributed by atoms with van der Waals surface area (Å²) in [7, 11) is 0. The Morgan fingerprint density at radius 1 is 1.08 bits per heavy atom. The fraction of sp³-hybridized carbons (Fsp3) is 0.286. The Hall–Kier alpha value is -2.63. The van der Waals surface area contributed by atoms with Crippen molar-refractivity contribution in [3.05, 3.63) is 65.6 Å². The fourth-order valence-electron chi connectivity index (χ4n) is 3.55. The number of nitrogens with two attached hydrogens (primary N) is 1. The van der Waals surface area contributed by atoms with Gasteiger partial charge in [0.05, 0.1) is 19.1 Å². The Kier molecular flexibility index (Phi) is 4.73. The largest absolute Gasteiger partial charge is 0.441 e. The molecule has 1 unspecified atom stereocenters. The molecule has 1 atom stereocenters. The minimum absolute atomic E-state index is 0.318. The number of aldehydes is 1. The third-order valence-corrected chi connectivity index (χ3v) is 4.93. The van der Waals surface area contributed by atoms with Gasteiger partial charge in [-0.25, -0.2) is 0 Å². The molecule has 134 valence electrons. The maximum Gasteiger partial charge on any atom is 0.193 e. The van der Waals surface area contributed by atoms with Gasteiger partial charge in [-0.1, -0.05) is 42.5 Å². The zero-order chi connectivity index (χ0) is 17.9. The van der Waals surface area contributed by atoms with Crippen LogP contribution in [0.2, 0.25) is 0 Å². The van der Waals surface area contributed by atoms with Crippen LogP contribution in [0.3, 0.4) is 0 Å². The highest BCUT2D eigenvalue weighted by atomic mass is 16.5. The highest BCUT2D eigenvalue weighted by Crippen LogP contribution is 2.42. The van der Waals surface area contributed by atoms with Gasteiger partial charge >= 0.3 is 0 Å². The van der Waals surface area contributed by atoms with Crippen LogP contribution < -0.4 is 10.5 Å². The molecule has 0 bridgehead atoms. The number of allylic oxidation sites excluding steroid dienone is 1. The van der Waals surface area contributed by atoms with Crippen molar-refractivity contribution >= 4 is 6.29 Å². The van der Waals surface area contributed by atoms with Gasteiger partial charge in [-0.3, -0.25) is 0 Å². The molecule has 26 heavy (non-hydrogen) atoms. The van der Waals surface area contributed by atoms with Gasteiger partial charge < -0.3 is 24.9 Å². The summed E-state index contributed by atoms with van der Waals surface area (Å²) < 4.78 is 11.7. The van der Waals surface area contributed by atoms with E-state index in [2.05, 4.69) is 4.90 Å². The van der Waals surface area contributed by atoms with Gasteiger partial charge in [-0.05, 0) is 17.2 Å². The van der Waals surface area contributed by atoms with Crippen LogP contribution in [0.5, 0.6) is 5.75 Å². The second-order valence-corrected chi connectivity index (χ2v) is 6.45. The van der Waals surface area contributed by atoms with Gasteiger partial charge in [0.2, 0.25) is 0 Å². The minimum atomic E-state index is -0.318. The molecule has 2 aliphatic heterocycles. The van der Waals surface area contributed by atoms with E-state index in [-0.39, 0.29) is 5.92 Å². The maximum atomic E-state index is 11.8. The van der Waals surface area contributed by atoms with E-state index in [1.807, 2.05) is 48.5 Å². The Morgan fingerprint density at radius 3 is 2.62 bits per heavy atom. The molecule has 2 aromatic carbocycles. The third kappa shape index (κ3) is 3.00. The van der Waals surface area contributed by atoms with Crippen molar-refractivity contribution < 1.29 is 14.3 Å². The Labute approximate surface area is 153 Å². The highest BCUT2D eigenvalue weighted by Gasteiger charge is 2.28. The second kappa shape index (κ2) is 7.32. The zero-order valence-corrected chi connectivity index (χ0v) is 14.6. The summed E-state index contributed by atoms with van der Waals surface area (Å²) in [4.78, 5) is 13.9. The lowest BCUT2D eigenvalue weighted by Gasteiger charge is -2.34. The maximum absolute atomic E-state index is 11.8. The van der Waals surface area contributed by atoms with E-state index in [0.29, 0.717) is 19.8 Å². The van der Waals surface area contributed by atoms with Crippen molar-refractivity contribution in [1.29, 1.82) is 0 Å². The van der Waals surface area contributed by atoms with E-state index < -0.39 is 0 Å². The monoisotopic (exact) mass is 350 g/mol. The lowest BCUT2D eigenvalue weighted by atomic mass is 9.91. The van der Waals surface area contributed by atoms with Gasteiger partial charge in [0.15, 0.2) is 5.88 Å². The Morgan fingerprint density at radius 2 is 1.85 bits per heavy atom. The van der Waals surface area contributed by atoms with Gasteiger partial charge in [-0.15, -0.1) is 0 Å². The number of carbonyl (C=O) groups is 1. The van der Waals surface area contributed by atoms with Gasteiger partial charge in [0.25, 0.3) is 0 Å². The van der Waals surface area contributed by atoms with Crippen molar-refractivity contribution in [2.24, 2.45) is 5.73 Å². The molecule has 4 rings (SSSR count). The molecule has 0 spiro atoms. The van der Waals surface area contributed by atoms with Gasteiger partial charge in [-0.2, -0.15) is 0 Å². The molecule has 5 heteroatoms. The molecule has 0 amide bonds. The summed E-state index contributed by atoms with van der Waals surface area (Å²) in [6.07, 6.45) is 2.87. The van der Waals surface area contributed by atoms with Crippen LogP contribution in [0.25, 0.3) is 11.1 Å². The van der Waals surface area contributed by atoms with E-state index in [0.717, 1.165) is 53.3 Å². The second-order valence-electron chi connectivity index (χ2n) is 6.45. The summed E-state index contributed by atoms with van der Waals surface area (Å²) >= 11 is 0. The molecule has 5 nitrogen and oxygen atoms in total. The van der Waals surface area contributed by atoms with Crippen molar-refractivity contribution in [3.63, 3.8) is 0 Å². The Bertz CT molecular complexity index is 841. The predicted octanol–water partition coefficient (Wildman–Crippen LogP) is 2.66. The zero-order valence-electron chi connectivity index (χ0n) is 14.6. The quantitative estimate of drug-likeness (QED) is 0.859. The standard InChI is InChI=1S/C21H22N2O3/c22-13-15-4-1-2-5-17(15)19-7-3-6-18-16(14-24)12-20(26-21(18)19)23-8-10-25-11-9-23/h1-7,12,14,16H,8-11,13,22H2. The molecule has 2 aliphatic rings. The number of ether oxygens (including phenoxy) is 2. The first-order chi connectivity index (χ1) is 12.8. The highest BCUT2D eigenvalue weighted by molar-refractivity contribution is 5.79. The number of fused-ring (bicyclic) bond motifs is 1. The predicted molar refractivity (Wildman–Crippen MR) is 99.7 cm³/mol. The molecule has 2 N–H and O–H groups in total. The number of carbonyl (C=O) groups excluding carboxylic acids is 1. The molecule has 0 aromatic heterocycles. The number of rotatable bonds is 4. The van der Waals surface area contributed by atoms with Crippen LogP contribution in [0.4, 0.5) is 0 Å². The van der Waals surface area contributed by atoms with Gasteiger partial charge in [0, 0.05) is 30.8 Å². The van der Waals surface area contributed by atoms with Crippen LogP contribution in [0, 0.1) is 0 Å². The van der Waals surface area contributed by atoms with Crippen LogP contribution in [-0.4, -0.2) is 37.5 Å². The first-order valence-corrected chi connectivity index (χ1v) is 8.90. The lowest BCUT2D eigenvalue weighted by Crippen LogP contribution is -2.38. The minimum Gasteiger partial charge on any atom is -0.441 e. The first kappa shape index (κ1) is 16.8. The summed E-state index contributed by atoms with van der Waals surface area (Å²) in [6, 6.07) is 14.0. The average molecular weight is 350 g/mol. The van der Waals surface area contributed by atoms with Crippen LogP contribution in [-0.2, 0) is 16.1 Å². The molecular formula is C21H22N2O3. The Balaban J connectivity index is 1.79. The van der Waals surface area contributed by atoms with Crippen molar-refractivity contribution in [1.82, 2.24) is 4.90 Å². The number of hydrogen-bond donors (Lipinski definition) is 1. The van der Waals surface area contributed by atoms with Crippen LogP contribution >= 0.6 is 0 Å².